The van der Waals surface area contributed by atoms with Crippen LogP contribution in [0.25, 0.3) is 11.0 Å². The third-order valence-electron chi connectivity index (χ3n) is 3.47. The zero-order valence-corrected chi connectivity index (χ0v) is 15.5. The fraction of sp³-hybridized carbons (Fsp3) is 0.333. The van der Waals surface area contributed by atoms with Gasteiger partial charge in [-0.25, -0.2) is 9.97 Å². The van der Waals surface area contributed by atoms with Gasteiger partial charge in [-0.15, -0.1) is 22.9 Å². The maximum absolute atomic E-state index is 6.38. The average molecular weight is 432 g/mol. The molecule has 0 aliphatic heterocycles. The zero-order chi connectivity index (χ0) is 15.0. The van der Waals surface area contributed by atoms with Gasteiger partial charge < -0.3 is 4.57 Å². The molecular weight excluding hydrogens is 417 g/mol. The number of fused-ring (bicyclic) bond motifs is 1. The maximum atomic E-state index is 6.38. The molecule has 0 aliphatic rings. The largest absolute Gasteiger partial charge is 0.317 e. The van der Waals surface area contributed by atoms with Crippen molar-refractivity contribution < 1.29 is 0 Å². The van der Waals surface area contributed by atoms with Gasteiger partial charge in [-0.2, -0.15) is 0 Å². The van der Waals surface area contributed by atoms with E-state index in [0.29, 0.717) is 0 Å². The quantitative estimate of drug-likeness (QED) is 0.409. The Morgan fingerprint density at radius 2 is 2.24 bits per heavy atom. The van der Waals surface area contributed by atoms with Crippen molar-refractivity contribution in [1.82, 2.24) is 14.5 Å². The molecule has 0 N–H and O–H groups in total. The second kappa shape index (κ2) is 6.22. The second-order valence-electron chi connectivity index (χ2n) is 4.88. The van der Waals surface area contributed by atoms with Crippen molar-refractivity contribution in [3.8, 4) is 0 Å². The van der Waals surface area contributed by atoms with Gasteiger partial charge in [0.25, 0.3) is 0 Å². The predicted molar refractivity (Wildman–Crippen MR) is 97.3 cm³/mol. The van der Waals surface area contributed by atoms with Gasteiger partial charge in [-0.3, -0.25) is 0 Å². The Labute approximate surface area is 146 Å². The molecule has 3 aromatic rings. The molecule has 110 valence electrons. The Balaban J connectivity index is 2.26. The predicted octanol–water partition coefficient (Wildman–Crippen LogP) is 5.40. The van der Waals surface area contributed by atoms with Crippen molar-refractivity contribution >= 4 is 56.6 Å². The van der Waals surface area contributed by atoms with Gasteiger partial charge in [-0.1, -0.05) is 6.92 Å². The number of alkyl halides is 1. The first-order valence-electron chi connectivity index (χ1n) is 6.82. The summed E-state index contributed by atoms with van der Waals surface area (Å²) in [5, 5.41) is 2.99. The molecule has 21 heavy (non-hydrogen) atoms. The number of halogens is 2. The fourth-order valence-electron chi connectivity index (χ4n) is 2.57. The third kappa shape index (κ3) is 2.83. The van der Waals surface area contributed by atoms with Crippen LogP contribution in [0.5, 0.6) is 0 Å². The molecule has 3 rings (SSSR count). The van der Waals surface area contributed by atoms with Crippen LogP contribution in [0, 0.1) is 3.57 Å². The first-order chi connectivity index (χ1) is 10.1. The summed E-state index contributed by atoms with van der Waals surface area (Å²) >= 11 is 10.4. The smallest absolute Gasteiger partial charge is 0.128 e. The lowest BCUT2D eigenvalue weighted by molar-refractivity contribution is 0.552. The van der Waals surface area contributed by atoms with Crippen LogP contribution >= 0.6 is 45.5 Å². The minimum Gasteiger partial charge on any atom is -0.317 e. The van der Waals surface area contributed by atoms with Crippen LogP contribution in [0.3, 0.4) is 0 Å². The number of aromatic nitrogens is 3. The van der Waals surface area contributed by atoms with E-state index in [2.05, 4.69) is 57.3 Å². The van der Waals surface area contributed by atoms with Crippen LogP contribution in [0.2, 0.25) is 0 Å². The van der Waals surface area contributed by atoms with Gasteiger partial charge in [0.2, 0.25) is 0 Å². The molecule has 2 heterocycles. The summed E-state index contributed by atoms with van der Waals surface area (Å²) in [6.45, 7) is 4.14. The van der Waals surface area contributed by atoms with E-state index in [-0.39, 0.29) is 11.4 Å². The standard InChI is InChI=1S/C15H15ClIN3S/c1-3-12(15-18-6-7-21-15)20-13-5-4-10(17)8-11(13)19-14(20)9(2)16/h4-9,12H,3H2,1-2H3. The van der Waals surface area contributed by atoms with Crippen molar-refractivity contribution in [3.05, 3.63) is 44.2 Å². The summed E-state index contributed by atoms with van der Waals surface area (Å²) in [5.74, 6) is 0.913. The number of rotatable bonds is 4. The van der Waals surface area contributed by atoms with Crippen LogP contribution < -0.4 is 0 Å². The van der Waals surface area contributed by atoms with Crippen molar-refractivity contribution in [1.29, 1.82) is 0 Å². The first kappa shape index (κ1) is 15.2. The normalized spacial score (nSPS) is 14.5. The number of hydrogen-bond acceptors (Lipinski definition) is 3. The zero-order valence-electron chi connectivity index (χ0n) is 11.8. The number of benzene rings is 1. The maximum Gasteiger partial charge on any atom is 0.128 e. The Morgan fingerprint density at radius 1 is 1.43 bits per heavy atom. The van der Waals surface area contributed by atoms with E-state index in [9.17, 15) is 0 Å². The van der Waals surface area contributed by atoms with Gasteiger partial charge >= 0.3 is 0 Å². The van der Waals surface area contributed by atoms with Gasteiger partial charge in [0.05, 0.1) is 22.5 Å². The van der Waals surface area contributed by atoms with E-state index >= 15 is 0 Å². The minimum absolute atomic E-state index is 0.135. The molecule has 2 unspecified atom stereocenters. The molecule has 1 aromatic carbocycles. The molecule has 2 atom stereocenters. The molecule has 0 amide bonds. The Hall–Kier alpha value is -0.660. The summed E-state index contributed by atoms with van der Waals surface area (Å²) in [5.41, 5.74) is 2.12. The average Bonchev–Trinajstić information content (AvgIpc) is 3.08. The van der Waals surface area contributed by atoms with E-state index in [4.69, 9.17) is 16.6 Å². The molecule has 0 fully saturated rings. The second-order valence-corrected chi connectivity index (χ2v) is 7.71. The monoisotopic (exact) mass is 431 g/mol. The van der Waals surface area contributed by atoms with Crippen molar-refractivity contribution in [2.75, 3.05) is 0 Å². The highest BCUT2D eigenvalue weighted by Crippen LogP contribution is 2.34. The third-order valence-corrected chi connectivity index (χ3v) is 5.21. The summed E-state index contributed by atoms with van der Waals surface area (Å²) < 4.78 is 3.43. The van der Waals surface area contributed by atoms with Crippen LogP contribution in [-0.2, 0) is 0 Å². The lowest BCUT2D eigenvalue weighted by Crippen LogP contribution is -2.13. The van der Waals surface area contributed by atoms with Crippen LogP contribution in [-0.4, -0.2) is 14.5 Å². The van der Waals surface area contributed by atoms with Crippen molar-refractivity contribution in [2.24, 2.45) is 0 Å². The van der Waals surface area contributed by atoms with E-state index in [1.54, 1.807) is 11.3 Å². The van der Waals surface area contributed by atoms with Crippen LogP contribution in [0.4, 0.5) is 0 Å². The fourth-order valence-corrected chi connectivity index (χ4v) is 4.01. The molecule has 2 aromatic heterocycles. The van der Waals surface area contributed by atoms with E-state index in [0.717, 1.165) is 28.3 Å². The number of imidazole rings is 1. The Bertz CT molecular complexity index is 752. The lowest BCUT2D eigenvalue weighted by atomic mass is 10.2. The summed E-state index contributed by atoms with van der Waals surface area (Å²) in [6, 6.07) is 6.52. The molecule has 6 heteroatoms. The van der Waals surface area contributed by atoms with Crippen molar-refractivity contribution in [2.45, 2.75) is 31.7 Å². The van der Waals surface area contributed by atoms with Crippen LogP contribution in [0.1, 0.15) is 42.5 Å². The minimum atomic E-state index is -0.135. The topological polar surface area (TPSA) is 30.7 Å². The summed E-state index contributed by atoms with van der Waals surface area (Å²) in [6.07, 6.45) is 2.82. The summed E-state index contributed by atoms with van der Waals surface area (Å²) in [4.78, 5) is 9.25. The van der Waals surface area contributed by atoms with Gasteiger partial charge in [0.15, 0.2) is 0 Å². The lowest BCUT2D eigenvalue weighted by Gasteiger charge is -2.19. The highest BCUT2D eigenvalue weighted by molar-refractivity contribution is 14.1. The summed E-state index contributed by atoms with van der Waals surface area (Å²) in [7, 11) is 0. The van der Waals surface area contributed by atoms with E-state index in [1.165, 1.54) is 3.57 Å². The molecule has 0 spiro atoms. The molecule has 0 aliphatic carbocycles. The van der Waals surface area contributed by atoms with Gasteiger partial charge in [0, 0.05) is 15.1 Å². The number of thiazole rings is 1. The first-order valence-corrected chi connectivity index (χ1v) is 9.22. The highest BCUT2D eigenvalue weighted by Gasteiger charge is 2.23. The number of hydrogen-bond donors (Lipinski definition) is 0. The molecular formula is C15H15ClIN3S. The van der Waals surface area contributed by atoms with Gasteiger partial charge in [0.1, 0.15) is 10.8 Å². The Morgan fingerprint density at radius 3 is 2.86 bits per heavy atom. The van der Waals surface area contributed by atoms with E-state index < -0.39 is 0 Å². The molecule has 0 bridgehead atoms. The van der Waals surface area contributed by atoms with Crippen molar-refractivity contribution in [3.63, 3.8) is 0 Å². The SMILES string of the molecule is CCC(c1nccs1)n1c(C(C)Cl)nc2cc(I)ccc21. The van der Waals surface area contributed by atoms with Crippen LogP contribution in [0.15, 0.2) is 29.8 Å². The molecule has 0 radical (unpaired) electrons. The molecule has 0 saturated carbocycles. The molecule has 0 saturated heterocycles. The number of nitrogens with zero attached hydrogens (tertiary/aromatic N) is 3. The Kier molecular flexibility index (Phi) is 4.51. The highest BCUT2D eigenvalue weighted by atomic mass is 127. The van der Waals surface area contributed by atoms with Gasteiger partial charge in [-0.05, 0) is 54.1 Å². The van der Waals surface area contributed by atoms with E-state index in [1.807, 2.05) is 18.5 Å². The molecule has 3 nitrogen and oxygen atoms in total.